The first-order chi connectivity index (χ1) is 11.7. The monoisotopic (exact) mass is 403 g/mol. The molecule has 0 aliphatic carbocycles. The third-order valence-electron chi connectivity index (χ3n) is 5.05. The minimum Gasteiger partial charge on any atom is -0.352 e. The Morgan fingerprint density at radius 2 is 1.65 bits per heavy atom. The van der Waals surface area contributed by atoms with E-state index in [9.17, 15) is 4.79 Å². The average molecular weight is 404 g/mol. The van der Waals surface area contributed by atoms with Gasteiger partial charge in [-0.1, -0.05) is 38.1 Å². The second kappa shape index (κ2) is 14.3. The molecule has 0 aromatic heterocycles. The molecule has 0 unspecified atom stereocenters. The molecule has 2 N–H and O–H groups in total. The zero-order valence-corrected chi connectivity index (χ0v) is 17.8. The van der Waals surface area contributed by atoms with Crippen molar-refractivity contribution >= 4 is 30.7 Å². The molecule has 6 heteroatoms. The molecule has 150 valence electrons. The number of benzene rings is 1. The minimum absolute atomic E-state index is 0. The van der Waals surface area contributed by atoms with Gasteiger partial charge in [0.1, 0.15) is 0 Å². The van der Waals surface area contributed by atoms with E-state index >= 15 is 0 Å². The summed E-state index contributed by atoms with van der Waals surface area (Å²) in [5, 5.41) is 6.43. The molecular weight excluding hydrogens is 369 g/mol. The first-order valence-corrected chi connectivity index (χ1v) is 9.48. The van der Waals surface area contributed by atoms with Crippen molar-refractivity contribution in [1.82, 2.24) is 15.5 Å². The lowest BCUT2D eigenvalue weighted by Gasteiger charge is -2.22. The number of carbonyl (C=O) groups is 1. The third kappa shape index (κ3) is 9.22. The Hall–Kier alpha value is -0.810. The summed E-state index contributed by atoms with van der Waals surface area (Å²) in [6.45, 7) is 10.4. The van der Waals surface area contributed by atoms with Gasteiger partial charge in [-0.3, -0.25) is 9.69 Å². The maximum atomic E-state index is 12.0. The summed E-state index contributed by atoms with van der Waals surface area (Å²) in [5.74, 6) is 0.900. The maximum absolute atomic E-state index is 12.0. The number of carbonyl (C=O) groups excluding carboxylic acids is 1. The molecule has 0 radical (unpaired) electrons. The molecule has 1 aromatic rings. The van der Waals surface area contributed by atoms with Crippen LogP contribution in [0.1, 0.15) is 50.7 Å². The number of halogens is 2. The van der Waals surface area contributed by atoms with Gasteiger partial charge >= 0.3 is 0 Å². The maximum Gasteiger partial charge on any atom is 0.220 e. The summed E-state index contributed by atoms with van der Waals surface area (Å²) in [6, 6.07) is 8.61. The Balaban J connectivity index is 0.00000312. The van der Waals surface area contributed by atoms with Gasteiger partial charge in [0.15, 0.2) is 0 Å². The van der Waals surface area contributed by atoms with Gasteiger partial charge in [-0.15, -0.1) is 24.8 Å². The second-order valence-corrected chi connectivity index (χ2v) is 6.79. The van der Waals surface area contributed by atoms with E-state index in [2.05, 4.69) is 53.6 Å². The van der Waals surface area contributed by atoms with Crippen molar-refractivity contribution in [2.45, 2.75) is 52.6 Å². The lowest BCUT2D eigenvalue weighted by Crippen LogP contribution is -2.29. The Bertz CT molecular complexity index is 486. The van der Waals surface area contributed by atoms with Gasteiger partial charge in [-0.25, -0.2) is 0 Å². The van der Waals surface area contributed by atoms with Crippen molar-refractivity contribution < 1.29 is 4.79 Å². The van der Waals surface area contributed by atoms with Crippen LogP contribution in [-0.4, -0.2) is 37.0 Å². The molecular formula is C20H35Cl2N3O. The van der Waals surface area contributed by atoms with E-state index in [4.69, 9.17) is 0 Å². The Morgan fingerprint density at radius 1 is 1.08 bits per heavy atom. The summed E-state index contributed by atoms with van der Waals surface area (Å²) in [4.78, 5) is 14.4. The number of nitrogens with one attached hydrogen (secondary N) is 2. The van der Waals surface area contributed by atoms with E-state index in [1.165, 1.54) is 24.0 Å². The van der Waals surface area contributed by atoms with Crippen molar-refractivity contribution in [2.75, 3.05) is 26.2 Å². The highest BCUT2D eigenvalue weighted by molar-refractivity contribution is 5.85. The third-order valence-corrected chi connectivity index (χ3v) is 5.05. The molecule has 0 bridgehead atoms. The van der Waals surface area contributed by atoms with Crippen molar-refractivity contribution in [3.05, 3.63) is 35.4 Å². The molecule has 1 aliphatic rings. The molecule has 2 rings (SSSR count). The zero-order chi connectivity index (χ0) is 17.2. The van der Waals surface area contributed by atoms with Crippen molar-refractivity contribution in [1.29, 1.82) is 0 Å². The fourth-order valence-electron chi connectivity index (χ4n) is 3.26. The number of rotatable bonds is 9. The largest absolute Gasteiger partial charge is 0.352 e. The second-order valence-electron chi connectivity index (χ2n) is 6.79. The van der Waals surface area contributed by atoms with Crippen LogP contribution in [-0.2, 0) is 17.9 Å². The number of hydrogen-bond donors (Lipinski definition) is 2. The molecule has 1 aliphatic heterocycles. The SMILES string of the molecule is CCN(CC)Cc1ccc(CNC(=O)CCC2CCNCC2)cc1.Cl.Cl. The van der Waals surface area contributed by atoms with Crippen LogP contribution in [0.4, 0.5) is 0 Å². The highest BCUT2D eigenvalue weighted by atomic mass is 35.5. The molecule has 0 spiro atoms. The smallest absolute Gasteiger partial charge is 0.220 e. The van der Waals surface area contributed by atoms with Gasteiger partial charge in [0.25, 0.3) is 0 Å². The lowest BCUT2D eigenvalue weighted by molar-refractivity contribution is -0.121. The molecule has 26 heavy (non-hydrogen) atoms. The summed E-state index contributed by atoms with van der Waals surface area (Å²) in [7, 11) is 0. The van der Waals surface area contributed by atoms with E-state index in [0.29, 0.717) is 13.0 Å². The molecule has 0 atom stereocenters. The Labute approximate surface area is 171 Å². The summed E-state index contributed by atoms with van der Waals surface area (Å²) in [5.41, 5.74) is 2.51. The summed E-state index contributed by atoms with van der Waals surface area (Å²) in [6.07, 6.45) is 4.10. The minimum atomic E-state index is 0. The molecule has 1 saturated heterocycles. The number of amides is 1. The topological polar surface area (TPSA) is 44.4 Å². The van der Waals surface area contributed by atoms with E-state index < -0.39 is 0 Å². The number of nitrogens with zero attached hydrogens (tertiary/aromatic N) is 1. The van der Waals surface area contributed by atoms with Crippen molar-refractivity contribution in [3.8, 4) is 0 Å². The van der Waals surface area contributed by atoms with E-state index in [-0.39, 0.29) is 30.7 Å². The van der Waals surface area contributed by atoms with Crippen LogP contribution in [0, 0.1) is 5.92 Å². The van der Waals surface area contributed by atoms with E-state index in [1.54, 1.807) is 0 Å². The van der Waals surface area contributed by atoms with Crippen LogP contribution in [0.2, 0.25) is 0 Å². The van der Waals surface area contributed by atoms with Crippen LogP contribution < -0.4 is 10.6 Å². The molecule has 1 fully saturated rings. The Morgan fingerprint density at radius 3 is 2.23 bits per heavy atom. The molecule has 4 nitrogen and oxygen atoms in total. The Kier molecular flexibility index (Phi) is 13.8. The van der Waals surface area contributed by atoms with Crippen molar-refractivity contribution in [2.24, 2.45) is 5.92 Å². The first kappa shape index (κ1) is 25.2. The van der Waals surface area contributed by atoms with Gasteiger partial charge in [0.2, 0.25) is 5.91 Å². The highest BCUT2D eigenvalue weighted by Crippen LogP contribution is 2.17. The first-order valence-electron chi connectivity index (χ1n) is 9.48. The molecule has 0 saturated carbocycles. The molecule has 1 amide bonds. The number of hydrogen-bond acceptors (Lipinski definition) is 3. The van der Waals surface area contributed by atoms with Crippen LogP contribution in [0.25, 0.3) is 0 Å². The standard InChI is InChI=1S/C20H33N3O.2ClH/c1-3-23(4-2)16-19-7-5-18(6-8-19)15-22-20(24)10-9-17-11-13-21-14-12-17;;/h5-8,17,21H,3-4,9-16H2,1-2H3,(H,22,24);2*1H. The molecule has 1 aromatic carbocycles. The highest BCUT2D eigenvalue weighted by Gasteiger charge is 2.14. The normalized spacial score (nSPS) is 14.4. The predicted molar refractivity (Wildman–Crippen MR) is 114 cm³/mol. The van der Waals surface area contributed by atoms with Crippen LogP contribution in [0.5, 0.6) is 0 Å². The average Bonchev–Trinajstić information content (AvgIpc) is 2.64. The van der Waals surface area contributed by atoms with Gasteiger partial charge in [-0.05, 0) is 62.5 Å². The molecule has 1 heterocycles. The van der Waals surface area contributed by atoms with Gasteiger partial charge in [0, 0.05) is 19.5 Å². The van der Waals surface area contributed by atoms with Gasteiger partial charge < -0.3 is 10.6 Å². The quantitative estimate of drug-likeness (QED) is 0.659. The number of piperidine rings is 1. The van der Waals surface area contributed by atoms with E-state index in [0.717, 1.165) is 45.1 Å². The van der Waals surface area contributed by atoms with Gasteiger partial charge in [-0.2, -0.15) is 0 Å². The van der Waals surface area contributed by atoms with E-state index in [1.807, 2.05) is 0 Å². The van der Waals surface area contributed by atoms with Gasteiger partial charge in [0.05, 0.1) is 0 Å². The van der Waals surface area contributed by atoms with Crippen LogP contribution in [0.15, 0.2) is 24.3 Å². The van der Waals surface area contributed by atoms with Crippen LogP contribution >= 0.6 is 24.8 Å². The predicted octanol–water partition coefficient (Wildman–Crippen LogP) is 3.77. The fourth-order valence-corrected chi connectivity index (χ4v) is 3.26. The van der Waals surface area contributed by atoms with Crippen LogP contribution in [0.3, 0.4) is 0 Å². The fraction of sp³-hybridized carbons (Fsp3) is 0.650. The zero-order valence-electron chi connectivity index (χ0n) is 16.1. The van der Waals surface area contributed by atoms with Crippen molar-refractivity contribution in [3.63, 3.8) is 0 Å². The summed E-state index contributed by atoms with van der Waals surface area (Å²) < 4.78 is 0. The lowest BCUT2D eigenvalue weighted by atomic mass is 9.93. The summed E-state index contributed by atoms with van der Waals surface area (Å²) >= 11 is 0.